The molecule has 20 heavy (non-hydrogen) atoms. The first-order valence-corrected chi connectivity index (χ1v) is 8.19. The average Bonchev–Trinajstić information content (AvgIpc) is 2.90. The van der Waals surface area contributed by atoms with E-state index in [0.717, 1.165) is 24.8 Å². The molecule has 6 heteroatoms. The Balaban J connectivity index is 1.95. The van der Waals surface area contributed by atoms with Gasteiger partial charge in [-0.2, -0.15) is 0 Å². The van der Waals surface area contributed by atoms with Gasteiger partial charge in [0.15, 0.2) is 0 Å². The maximum absolute atomic E-state index is 12.1. The number of fused-ring (bicyclic) bond motifs is 1. The lowest BCUT2D eigenvalue weighted by molar-refractivity contribution is -0.140. The molecule has 1 aliphatic rings. The molecule has 5 nitrogen and oxygen atoms in total. The van der Waals surface area contributed by atoms with Crippen LogP contribution < -0.4 is 4.72 Å². The molecule has 0 saturated heterocycles. The summed E-state index contributed by atoms with van der Waals surface area (Å²) >= 11 is 0. The molecule has 0 aliphatic heterocycles. The summed E-state index contributed by atoms with van der Waals surface area (Å²) in [5.41, 5.74) is 2.37. The van der Waals surface area contributed by atoms with Crippen LogP contribution in [0.4, 0.5) is 0 Å². The van der Waals surface area contributed by atoms with Crippen molar-refractivity contribution in [1.29, 1.82) is 0 Å². The number of hydrogen-bond donors (Lipinski definition) is 1. The molecule has 0 fully saturated rings. The first-order chi connectivity index (χ1) is 9.53. The second-order valence-corrected chi connectivity index (χ2v) is 6.63. The molecular formula is C14H19NO4S. The quantitative estimate of drug-likeness (QED) is 0.636. The molecular weight excluding hydrogens is 278 g/mol. The van der Waals surface area contributed by atoms with Gasteiger partial charge in [-0.3, -0.25) is 4.79 Å². The van der Waals surface area contributed by atoms with E-state index in [0.29, 0.717) is 11.3 Å². The van der Waals surface area contributed by atoms with Gasteiger partial charge in [0, 0.05) is 13.0 Å². The van der Waals surface area contributed by atoms with Crippen molar-refractivity contribution in [3.05, 3.63) is 29.3 Å². The van der Waals surface area contributed by atoms with E-state index >= 15 is 0 Å². The van der Waals surface area contributed by atoms with Crippen molar-refractivity contribution in [1.82, 2.24) is 4.72 Å². The van der Waals surface area contributed by atoms with E-state index in [1.807, 2.05) is 6.07 Å². The molecule has 0 spiro atoms. The highest BCUT2D eigenvalue weighted by atomic mass is 32.2. The highest BCUT2D eigenvalue weighted by Gasteiger charge is 2.18. The number of aryl methyl sites for hydroxylation is 2. The normalized spacial score (nSPS) is 14.1. The minimum Gasteiger partial charge on any atom is -0.469 e. The van der Waals surface area contributed by atoms with E-state index in [1.54, 1.807) is 12.1 Å². The lowest BCUT2D eigenvalue weighted by Crippen LogP contribution is -2.25. The van der Waals surface area contributed by atoms with Crippen LogP contribution in [-0.2, 0) is 32.4 Å². The summed E-state index contributed by atoms with van der Waals surface area (Å²) in [6.07, 6.45) is 3.70. The van der Waals surface area contributed by atoms with Crippen molar-refractivity contribution in [2.45, 2.75) is 37.0 Å². The molecule has 1 aromatic rings. The first-order valence-electron chi connectivity index (χ1n) is 6.71. The maximum atomic E-state index is 12.1. The number of nitrogens with one attached hydrogen (secondary N) is 1. The molecule has 110 valence electrons. The predicted molar refractivity (Wildman–Crippen MR) is 74.9 cm³/mol. The van der Waals surface area contributed by atoms with Crippen molar-refractivity contribution in [3.8, 4) is 0 Å². The van der Waals surface area contributed by atoms with Gasteiger partial charge >= 0.3 is 5.97 Å². The largest absolute Gasteiger partial charge is 0.469 e. The molecule has 0 atom stereocenters. The van der Waals surface area contributed by atoms with Gasteiger partial charge in [0.1, 0.15) is 0 Å². The zero-order valence-corrected chi connectivity index (χ0v) is 12.3. The summed E-state index contributed by atoms with van der Waals surface area (Å²) in [5.74, 6) is -0.332. The Morgan fingerprint density at radius 1 is 1.30 bits per heavy atom. The smallest absolute Gasteiger partial charge is 0.305 e. The molecule has 0 saturated carbocycles. The zero-order valence-electron chi connectivity index (χ0n) is 11.5. The molecule has 1 N–H and O–H groups in total. The van der Waals surface area contributed by atoms with Crippen LogP contribution in [0.2, 0.25) is 0 Å². The van der Waals surface area contributed by atoms with Crippen molar-refractivity contribution in [2.75, 3.05) is 13.7 Å². The van der Waals surface area contributed by atoms with Crippen LogP contribution >= 0.6 is 0 Å². The maximum Gasteiger partial charge on any atom is 0.305 e. The van der Waals surface area contributed by atoms with Gasteiger partial charge < -0.3 is 4.74 Å². The molecule has 1 aromatic carbocycles. The minimum atomic E-state index is -3.49. The fourth-order valence-electron chi connectivity index (χ4n) is 2.34. The zero-order chi connectivity index (χ0) is 14.6. The number of esters is 1. The Kier molecular flexibility index (Phi) is 4.77. The predicted octanol–water partition coefficient (Wildman–Crippen LogP) is 1.41. The summed E-state index contributed by atoms with van der Waals surface area (Å²) in [6, 6.07) is 5.29. The third-order valence-electron chi connectivity index (χ3n) is 3.46. The second-order valence-electron chi connectivity index (χ2n) is 4.86. The fraction of sp³-hybridized carbons (Fsp3) is 0.500. The number of sulfonamides is 1. The van der Waals surface area contributed by atoms with E-state index < -0.39 is 10.0 Å². The molecule has 0 heterocycles. The third-order valence-corrected chi connectivity index (χ3v) is 4.92. The molecule has 0 bridgehead atoms. The minimum absolute atomic E-state index is 0.212. The second kappa shape index (κ2) is 6.37. The summed E-state index contributed by atoms with van der Waals surface area (Å²) < 4.78 is 31.2. The van der Waals surface area contributed by atoms with Crippen molar-refractivity contribution >= 4 is 16.0 Å². The number of carbonyl (C=O) groups excluding carboxylic acids is 1. The van der Waals surface area contributed by atoms with Gasteiger partial charge in [-0.05, 0) is 48.9 Å². The van der Waals surface area contributed by atoms with Crippen LogP contribution in [0.5, 0.6) is 0 Å². The van der Waals surface area contributed by atoms with E-state index in [4.69, 9.17) is 0 Å². The summed E-state index contributed by atoms with van der Waals surface area (Å²) in [5, 5.41) is 0. The molecule has 0 radical (unpaired) electrons. The number of benzene rings is 1. The number of methoxy groups -OCH3 is 1. The van der Waals surface area contributed by atoms with Crippen LogP contribution in [0.25, 0.3) is 0 Å². The van der Waals surface area contributed by atoms with E-state index in [2.05, 4.69) is 9.46 Å². The lowest BCUT2D eigenvalue weighted by Gasteiger charge is -2.08. The Hall–Kier alpha value is -1.40. The van der Waals surface area contributed by atoms with Gasteiger partial charge in [0.25, 0.3) is 0 Å². The SMILES string of the molecule is COC(=O)CCCNS(=O)(=O)c1ccc2c(c1)CCC2. The standard InChI is InChI=1S/C14H19NO4S/c1-19-14(16)6-3-9-15-20(17,18)13-8-7-11-4-2-5-12(11)10-13/h7-8,10,15H,2-6,9H2,1H3. The molecule has 0 aromatic heterocycles. The lowest BCUT2D eigenvalue weighted by atomic mass is 10.1. The molecule has 1 aliphatic carbocycles. The summed E-state index contributed by atoms with van der Waals surface area (Å²) in [7, 11) is -2.17. The van der Waals surface area contributed by atoms with Gasteiger partial charge in [-0.25, -0.2) is 13.1 Å². The van der Waals surface area contributed by atoms with Crippen molar-refractivity contribution < 1.29 is 17.9 Å². The van der Waals surface area contributed by atoms with Gasteiger partial charge in [-0.1, -0.05) is 6.07 Å². The third kappa shape index (κ3) is 3.58. The topological polar surface area (TPSA) is 72.5 Å². The summed E-state index contributed by atoms with van der Waals surface area (Å²) in [4.78, 5) is 11.2. The van der Waals surface area contributed by atoms with E-state index in [9.17, 15) is 13.2 Å². The van der Waals surface area contributed by atoms with Crippen molar-refractivity contribution in [3.63, 3.8) is 0 Å². The Morgan fingerprint density at radius 2 is 2.05 bits per heavy atom. The van der Waals surface area contributed by atoms with Crippen molar-refractivity contribution in [2.24, 2.45) is 0 Å². The van der Waals surface area contributed by atoms with E-state index in [1.165, 1.54) is 12.7 Å². The monoisotopic (exact) mass is 297 g/mol. The number of ether oxygens (including phenoxy) is 1. The number of rotatable bonds is 6. The average molecular weight is 297 g/mol. The molecule has 0 unspecified atom stereocenters. The van der Waals surface area contributed by atoms with E-state index in [-0.39, 0.29) is 18.9 Å². The Morgan fingerprint density at radius 3 is 2.80 bits per heavy atom. The number of carbonyl (C=O) groups is 1. The summed E-state index contributed by atoms with van der Waals surface area (Å²) in [6.45, 7) is 0.231. The molecule has 2 rings (SSSR count). The van der Waals surface area contributed by atoms with Crippen LogP contribution in [0, 0.1) is 0 Å². The highest BCUT2D eigenvalue weighted by Crippen LogP contribution is 2.24. The van der Waals surface area contributed by atoms with Gasteiger partial charge in [0.2, 0.25) is 10.0 Å². The number of hydrogen-bond acceptors (Lipinski definition) is 4. The van der Waals surface area contributed by atoms with Crippen LogP contribution in [-0.4, -0.2) is 28.0 Å². The van der Waals surface area contributed by atoms with Crippen LogP contribution in [0.1, 0.15) is 30.4 Å². The Bertz CT molecular complexity index is 595. The van der Waals surface area contributed by atoms with Gasteiger partial charge in [0.05, 0.1) is 12.0 Å². The fourth-order valence-corrected chi connectivity index (χ4v) is 3.46. The van der Waals surface area contributed by atoms with Crippen LogP contribution in [0.15, 0.2) is 23.1 Å². The first kappa shape index (κ1) is 15.0. The molecule has 0 amide bonds. The van der Waals surface area contributed by atoms with Gasteiger partial charge in [-0.15, -0.1) is 0 Å². The van der Waals surface area contributed by atoms with Crippen LogP contribution in [0.3, 0.4) is 0 Å². The highest BCUT2D eigenvalue weighted by molar-refractivity contribution is 7.89. The Labute approximate surface area is 119 Å².